The van der Waals surface area contributed by atoms with Gasteiger partial charge in [-0.25, -0.2) is 9.69 Å². The zero-order valence-corrected chi connectivity index (χ0v) is 15.8. The van der Waals surface area contributed by atoms with E-state index in [-0.39, 0.29) is 12.3 Å². The molecular formula is C22H22N2O4. The molecule has 0 unspecified atom stereocenters. The summed E-state index contributed by atoms with van der Waals surface area (Å²) in [6.45, 7) is 1.68. The molecule has 6 heteroatoms. The van der Waals surface area contributed by atoms with Gasteiger partial charge >= 0.3 is 17.8 Å². The molecule has 0 spiro atoms. The molecule has 0 atom stereocenters. The van der Waals surface area contributed by atoms with Gasteiger partial charge in [-0.3, -0.25) is 19.3 Å². The Bertz CT molecular complexity index is 891. The van der Waals surface area contributed by atoms with Crippen LogP contribution < -0.4 is 0 Å². The summed E-state index contributed by atoms with van der Waals surface area (Å²) in [7, 11) is 0. The number of ketones is 1. The lowest BCUT2D eigenvalue weighted by molar-refractivity contribution is -0.143. The standard InChI is InChI=1S/C22H22N2O4/c1-2-3-7-16-10-12-18(13-11-16)19(25)15-24-21(27)20(26)23(22(24)28)14-17-8-5-4-6-9-17/h4-6,8-13H,2-3,7,14-15H2,1H3. The number of carbonyl (C=O) groups is 4. The van der Waals surface area contributed by atoms with Crippen LogP contribution in [0.25, 0.3) is 0 Å². The molecule has 1 saturated heterocycles. The van der Waals surface area contributed by atoms with E-state index in [2.05, 4.69) is 6.92 Å². The number of nitrogens with zero attached hydrogens (tertiary/aromatic N) is 2. The van der Waals surface area contributed by atoms with Gasteiger partial charge in [-0.15, -0.1) is 0 Å². The Morgan fingerprint density at radius 2 is 1.46 bits per heavy atom. The van der Waals surface area contributed by atoms with Gasteiger partial charge in [0.2, 0.25) is 0 Å². The molecule has 0 N–H and O–H groups in total. The molecule has 0 aliphatic carbocycles. The van der Waals surface area contributed by atoms with Crippen LogP contribution in [0.2, 0.25) is 0 Å². The Morgan fingerprint density at radius 3 is 2.11 bits per heavy atom. The molecule has 0 aromatic heterocycles. The number of carbonyl (C=O) groups excluding carboxylic acids is 4. The molecule has 1 fully saturated rings. The van der Waals surface area contributed by atoms with E-state index in [4.69, 9.17) is 0 Å². The largest absolute Gasteiger partial charge is 0.334 e. The normalized spacial score (nSPS) is 14.1. The minimum atomic E-state index is -0.964. The number of hydrogen-bond donors (Lipinski definition) is 0. The molecule has 6 nitrogen and oxygen atoms in total. The van der Waals surface area contributed by atoms with E-state index in [9.17, 15) is 19.2 Å². The van der Waals surface area contributed by atoms with Gasteiger partial charge in [0, 0.05) is 5.56 Å². The second-order valence-corrected chi connectivity index (χ2v) is 6.77. The van der Waals surface area contributed by atoms with Gasteiger partial charge in [-0.2, -0.15) is 0 Å². The predicted molar refractivity (Wildman–Crippen MR) is 103 cm³/mol. The molecule has 0 radical (unpaired) electrons. The van der Waals surface area contributed by atoms with Gasteiger partial charge < -0.3 is 0 Å². The number of unbranched alkanes of at least 4 members (excludes halogenated alkanes) is 1. The molecule has 1 heterocycles. The molecule has 3 rings (SSSR count). The van der Waals surface area contributed by atoms with Crippen LogP contribution in [0.15, 0.2) is 54.6 Å². The third-order valence-electron chi connectivity index (χ3n) is 4.72. The van der Waals surface area contributed by atoms with Crippen LogP contribution in [0.3, 0.4) is 0 Å². The van der Waals surface area contributed by atoms with E-state index in [0.717, 1.165) is 40.2 Å². The lowest BCUT2D eigenvalue weighted by atomic mass is 10.0. The third-order valence-corrected chi connectivity index (χ3v) is 4.72. The number of imide groups is 2. The van der Waals surface area contributed by atoms with E-state index in [1.54, 1.807) is 36.4 Å². The number of urea groups is 1. The van der Waals surface area contributed by atoms with Crippen molar-refractivity contribution in [3.05, 3.63) is 71.3 Å². The quantitative estimate of drug-likeness (QED) is 0.402. The molecular weight excluding hydrogens is 356 g/mol. The lowest BCUT2D eigenvalue weighted by Gasteiger charge is -2.15. The van der Waals surface area contributed by atoms with E-state index in [1.165, 1.54) is 0 Å². The first-order valence-electron chi connectivity index (χ1n) is 9.34. The van der Waals surface area contributed by atoms with Crippen molar-refractivity contribution in [2.24, 2.45) is 0 Å². The Labute approximate surface area is 163 Å². The van der Waals surface area contributed by atoms with Crippen molar-refractivity contribution < 1.29 is 19.2 Å². The predicted octanol–water partition coefficient (Wildman–Crippen LogP) is 3.20. The third kappa shape index (κ3) is 4.17. The molecule has 1 aliphatic rings. The summed E-state index contributed by atoms with van der Waals surface area (Å²) >= 11 is 0. The highest BCUT2D eigenvalue weighted by Gasteiger charge is 2.45. The van der Waals surface area contributed by atoms with Crippen molar-refractivity contribution in [3.63, 3.8) is 0 Å². The Balaban J connectivity index is 1.68. The highest BCUT2D eigenvalue weighted by Crippen LogP contribution is 2.17. The van der Waals surface area contributed by atoms with E-state index < -0.39 is 24.4 Å². The fraction of sp³-hybridized carbons (Fsp3) is 0.273. The molecule has 2 aromatic carbocycles. The summed E-state index contributed by atoms with van der Waals surface area (Å²) in [5.41, 5.74) is 2.28. The molecule has 4 amide bonds. The van der Waals surface area contributed by atoms with Crippen LogP contribution in [-0.4, -0.2) is 40.0 Å². The average molecular weight is 378 g/mol. The molecule has 28 heavy (non-hydrogen) atoms. The zero-order valence-electron chi connectivity index (χ0n) is 15.8. The number of hydrogen-bond acceptors (Lipinski definition) is 4. The topological polar surface area (TPSA) is 74.8 Å². The second kappa shape index (κ2) is 8.61. The number of aryl methyl sites for hydroxylation is 1. The first-order chi connectivity index (χ1) is 13.5. The van der Waals surface area contributed by atoms with Crippen molar-refractivity contribution in [1.82, 2.24) is 9.80 Å². The fourth-order valence-electron chi connectivity index (χ4n) is 3.07. The number of amides is 4. The van der Waals surface area contributed by atoms with Gasteiger partial charge in [-0.05, 0) is 24.0 Å². The van der Waals surface area contributed by atoms with Crippen molar-refractivity contribution >= 4 is 23.6 Å². The maximum Gasteiger partial charge on any atom is 0.334 e. The second-order valence-electron chi connectivity index (χ2n) is 6.77. The Hall–Kier alpha value is -3.28. The monoisotopic (exact) mass is 378 g/mol. The van der Waals surface area contributed by atoms with E-state index >= 15 is 0 Å². The summed E-state index contributed by atoms with van der Waals surface area (Å²) in [6, 6.07) is 15.3. The number of rotatable bonds is 8. The van der Waals surface area contributed by atoms with Crippen molar-refractivity contribution in [2.45, 2.75) is 32.7 Å². The molecule has 0 bridgehead atoms. The summed E-state index contributed by atoms with van der Waals surface area (Å²) < 4.78 is 0. The number of Topliss-reactive ketones (excluding diaryl/α,β-unsaturated/α-hetero) is 1. The van der Waals surface area contributed by atoms with E-state index in [1.807, 2.05) is 18.2 Å². The minimum Gasteiger partial charge on any atom is -0.292 e. The van der Waals surface area contributed by atoms with Crippen LogP contribution in [0.1, 0.15) is 41.3 Å². The maximum absolute atomic E-state index is 12.5. The van der Waals surface area contributed by atoms with Crippen molar-refractivity contribution in [2.75, 3.05) is 6.54 Å². The van der Waals surface area contributed by atoms with Crippen LogP contribution in [-0.2, 0) is 22.6 Å². The minimum absolute atomic E-state index is 0.00105. The lowest BCUT2D eigenvalue weighted by Crippen LogP contribution is -2.36. The summed E-state index contributed by atoms with van der Waals surface area (Å²) in [6.07, 6.45) is 3.10. The molecule has 1 aliphatic heterocycles. The molecule has 0 saturated carbocycles. The Morgan fingerprint density at radius 1 is 0.821 bits per heavy atom. The fourth-order valence-corrected chi connectivity index (χ4v) is 3.07. The van der Waals surface area contributed by atoms with Gasteiger partial charge in [-0.1, -0.05) is 67.9 Å². The average Bonchev–Trinajstić information content (AvgIpc) is 2.91. The van der Waals surface area contributed by atoms with Crippen LogP contribution in [0.5, 0.6) is 0 Å². The molecule has 144 valence electrons. The SMILES string of the molecule is CCCCc1ccc(C(=O)CN2C(=O)C(=O)N(Cc3ccccc3)C2=O)cc1. The first kappa shape index (κ1) is 19.5. The smallest absolute Gasteiger partial charge is 0.292 e. The summed E-state index contributed by atoms with van der Waals surface area (Å²) in [5.74, 6) is -2.25. The number of benzene rings is 2. The van der Waals surface area contributed by atoms with Gasteiger partial charge in [0.05, 0.1) is 13.1 Å². The van der Waals surface area contributed by atoms with Crippen LogP contribution in [0, 0.1) is 0 Å². The van der Waals surface area contributed by atoms with Crippen LogP contribution >= 0.6 is 0 Å². The van der Waals surface area contributed by atoms with Gasteiger partial charge in [0.15, 0.2) is 5.78 Å². The van der Waals surface area contributed by atoms with Gasteiger partial charge in [0.25, 0.3) is 0 Å². The van der Waals surface area contributed by atoms with Crippen molar-refractivity contribution in [1.29, 1.82) is 0 Å². The van der Waals surface area contributed by atoms with Gasteiger partial charge in [0.1, 0.15) is 0 Å². The highest BCUT2D eigenvalue weighted by molar-refractivity contribution is 6.45. The molecule has 2 aromatic rings. The van der Waals surface area contributed by atoms with Crippen molar-refractivity contribution in [3.8, 4) is 0 Å². The van der Waals surface area contributed by atoms with E-state index in [0.29, 0.717) is 5.56 Å². The highest BCUT2D eigenvalue weighted by atomic mass is 16.2. The summed E-state index contributed by atoms with van der Waals surface area (Å²) in [4.78, 5) is 51.0. The maximum atomic E-state index is 12.5. The van der Waals surface area contributed by atoms with Crippen LogP contribution in [0.4, 0.5) is 4.79 Å². The summed E-state index contributed by atoms with van der Waals surface area (Å²) in [5, 5.41) is 0. The zero-order chi connectivity index (χ0) is 20.1. The Kier molecular flexibility index (Phi) is 5.99. The first-order valence-corrected chi connectivity index (χ1v) is 9.34.